The zero-order chi connectivity index (χ0) is 23.1. The molecule has 2 heterocycles. The Morgan fingerprint density at radius 1 is 0.629 bits per heavy atom. The second-order valence-electron chi connectivity index (χ2n) is 9.01. The minimum atomic E-state index is 0.101. The number of para-hydroxylation sites is 2. The standard InChI is InChI=1S/C31H18N2OS/c34-31-22-8-2-1-7-19(22)20-14-15-21-23-17-18(13-16-24(23)32-30(21)29(20)31)33-25-9-3-5-11-27(25)35-28-12-6-4-10-26(28)33/h1-17,32H. The minimum Gasteiger partial charge on any atom is -0.354 e. The third-order valence-corrected chi connectivity index (χ3v) is 8.27. The quantitative estimate of drug-likeness (QED) is 0.264. The van der Waals surface area contributed by atoms with Crippen molar-refractivity contribution in [2.45, 2.75) is 9.79 Å². The van der Waals surface area contributed by atoms with Crippen LogP contribution in [0.1, 0.15) is 15.9 Å². The van der Waals surface area contributed by atoms with Crippen molar-refractivity contribution in [1.29, 1.82) is 0 Å². The molecule has 6 aromatic rings. The van der Waals surface area contributed by atoms with E-state index in [4.69, 9.17) is 0 Å². The number of aromatic amines is 1. The molecule has 0 saturated heterocycles. The molecule has 2 aliphatic rings. The predicted octanol–water partition coefficient (Wildman–Crippen LogP) is 8.47. The Balaban J connectivity index is 1.37. The third-order valence-electron chi connectivity index (χ3n) is 7.14. The van der Waals surface area contributed by atoms with E-state index in [1.807, 2.05) is 36.0 Å². The molecule has 4 heteroatoms. The SMILES string of the molecule is O=C1c2ccccc2-c2ccc3c([nH]c4ccc(N5c6ccccc6Sc6ccccc65)cc43)c21. The summed E-state index contributed by atoms with van der Waals surface area (Å²) in [6.07, 6.45) is 0. The Hall–Kier alpha value is -4.28. The molecule has 3 nitrogen and oxygen atoms in total. The Bertz CT molecular complexity index is 1820. The maximum atomic E-state index is 13.3. The van der Waals surface area contributed by atoms with Crippen LogP contribution in [0.25, 0.3) is 32.9 Å². The largest absolute Gasteiger partial charge is 0.354 e. The molecule has 8 rings (SSSR count). The van der Waals surface area contributed by atoms with Crippen LogP contribution in [0.5, 0.6) is 0 Å². The number of aromatic nitrogens is 1. The van der Waals surface area contributed by atoms with Crippen LogP contribution in [0, 0.1) is 0 Å². The summed E-state index contributed by atoms with van der Waals surface area (Å²) >= 11 is 1.81. The van der Waals surface area contributed by atoms with Crippen LogP contribution in [0.15, 0.2) is 113 Å². The number of H-pyrrole nitrogens is 1. The highest BCUT2D eigenvalue weighted by Gasteiger charge is 2.30. The van der Waals surface area contributed by atoms with Gasteiger partial charge in [-0.2, -0.15) is 0 Å². The minimum absolute atomic E-state index is 0.101. The summed E-state index contributed by atoms with van der Waals surface area (Å²) in [5, 5.41) is 2.20. The number of ketones is 1. The van der Waals surface area contributed by atoms with Crippen molar-refractivity contribution in [1.82, 2.24) is 4.98 Å². The molecule has 5 aromatic carbocycles. The molecule has 1 N–H and O–H groups in total. The van der Waals surface area contributed by atoms with Crippen LogP contribution in [0.4, 0.5) is 17.1 Å². The topological polar surface area (TPSA) is 36.1 Å². The highest BCUT2D eigenvalue weighted by molar-refractivity contribution is 7.99. The summed E-state index contributed by atoms with van der Waals surface area (Å²) in [6, 6.07) is 35.8. The molecule has 0 bridgehead atoms. The van der Waals surface area contributed by atoms with Gasteiger partial charge in [-0.25, -0.2) is 0 Å². The summed E-state index contributed by atoms with van der Waals surface area (Å²) in [5.41, 5.74) is 9.03. The van der Waals surface area contributed by atoms with Gasteiger partial charge in [0, 0.05) is 37.3 Å². The summed E-state index contributed by atoms with van der Waals surface area (Å²) < 4.78 is 0. The lowest BCUT2D eigenvalue weighted by Crippen LogP contribution is -2.14. The van der Waals surface area contributed by atoms with Crippen LogP contribution in [0.2, 0.25) is 0 Å². The molecule has 0 spiro atoms. The number of anilines is 3. The monoisotopic (exact) mass is 466 g/mol. The second-order valence-corrected chi connectivity index (χ2v) is 10.1. The fourth-order valence-electron chi connectivity index (χ4n) is 5.59. The van der Waals surface area contributed by atoms with Crippen molar-refractivity contribution in [3.63, 3.8) is 0 Å². The molecular weight excluding hydrogens is 448 g/mol. The maximum Gasteiger partial charge on any atom is 0.196 e. The Morgan fingerprint density at radius 2 is 1.31 bits per heavy atom. The van der Waals surface area contributed by atoms with Crippen LogP contribution in [-0.4, -0.2) is 10.8 Å². The van der Waals surface area contributed by atoms with E-state index in [0.717, 1.165) is 49.7 Å². The Kier molecular flexibility index (Phi) is 3.75. The molecule has 0 unspecified atom stereocenters. The first kappa shape index (κ1) is 19.1. The molecular formula is C31H18N2OS. The number of fused-ring (bicyclic) bond motifs is 9. The van der Waals surface area contributed by atoms with Gasteiger partial charge in [-0.1, -0.05) is 72.4 Å². The lowest BCUT2D eigenvalue weighted by atomic mass is 10.0. The molecule has 0 fully saturated rings. The first-order valence-electron chi connectivity index (χ1n) is 11.7. The van der Waals surface area contributed by atoms with Crippen molar-refractivity contribution in [3.8, 4) is 11.1 Å². The molecule has 1 aromatic heterocycles. The number of carbonyl (C=O) groups is 1. The van der Waals surface area contributed by atoms with Gasteiger partial charge in [0.15, 0.2) is 5.78 Å². The molecule has 0 atom stereocenters. The van der Waals surface area contributed by atoms with E-state index in [1.54, 1.807) is 0 Å². The first-order valence-corrected chi connectivity index (χ1v) is 12.5. The van der Waals surface area contributed by atoms with Gasteiger partial charge in [-0.15, -0.1) is 0 Å². The van der Waals surface area contributed by atoms with Gasteiger partial charge >= 0.3 is 0 Å². The summed E-state index contributed by atoms with van der Waals surface area (Å²) in [5.74, 6) is 0.101. The third kappa shape index (κ3) is 2.55. The molecule has 164 valence electrons. The normalized spacial score (nSPS) is 13.6. The van der Waals surface area contributed by atoms with E-state index in [0.29, 0.717) is 0 Å². The van der Waals surface area contributed by atoms with Crippen molar-refractivity contribution in [2.75, 3.05) is 4.90 Å². The summed E-state index contributed by atoms with van der Waals surface area (Å²) in [6.45, 7) is 0. The zero-order valence-corrected chi connectivity index (χ0v) is 19.4. The van der Waals surface area contributed by atoms with Crippen molar-refractivity contribution in [2.24, 2.45) is 0 Å². The van der Waals surface area contributed by atoms with E-state index in [2.05, 4.69) is 88.7 Å². The van der Waals surface area contributed by atoms with Crippen molar-refractivity contribution >= 4 is 56.4 Å². The molecule has 0 saturated carbocycles. The number of nitrogens with one attached hydrogen (secondary N) is 1. The van der Waals surface area contributed by atoms with Crippen LogP contribution in [-0.2, 0) is 0 Å². The summed E-state index contributed by atoms with van der Waals surface area (Å²) in [4.78, 5) is 21.7. The van der Waals surface area contributed by atoms with Crippen LogP contribution >= 0.6 is 11.8 Å². The molecule has 0 amide bonds. The Labute approximate surface area is 206 Å². The first-order chi connectivity index (χ1) is 17.3. The Morgan fingerprint density at radius 3 is 2.09 bits per heavy atom. The van der Waals surface area contributed by atoms with Gasteiger partial charge < -0.3 is 9.88 Å². The highest BCUT2D eigenvalue weighted by Crippen LogP contribution is 2.51. The number of nitrogens with zero attached hydrogens (tertiary/aromatic N) is 1. The fourth-order valence-corrected chi connectivity index (χ4v) is 6.65. The number of carbonyl (C=O) groups excluding carboxylic acids is 1. The molecule has 1 aliphatic heterocycles. The van der Waals surface area contributed by atoms with Crippen LogP contribution < -0.4 is 4.90 Å². The van der Waals surface area contributed by atoms with E-state index >= 15 is 0 Å². The zero-order valence-electron chi connectivity index (χ0n) is 18.6. The van der Waals surface area contributed by atoms with Crippen LogP contribution in [0.3, 0.4) is 0 Å². The second kappa shape index (κ2) is 6.87. The van der Waals surface area contributed by atoms with E-state index < -0.39 is 0 Å². The lowest BCUT2D eigenvalue weighted by Gasteiger charge is -2.32. The van der Waals surface area contributed by atoms with E-state index in [-0.39, 0.29) is 5.78 Å². The van der Waals surface area contributed by atoms with E-state index in [9.17, 15) is 4.79 Å². The van der Waals surface area contributed by atoms with Gasteiger partial charge in [0.05, 0.1) is 22.5 Å². The van der Waals surface area contributed by atoms with Gasteiger partial charge in [0.1, 0.15) is 0 Å². The van der Waals surface area contributed by atoms with Gasteiger partial charge in [-0.05, 0) is 53.6 Å². The molecule has 0 radical (unpaired) electrons. The maximum absolute atomic E-state index is 13.3. The van der Waals surface area contributed by atoms with Gasteiger partial charge in [0.2, 0.25) is 0 Å². The lowest BCUT2D eigenvalue weighted by molar-refractivity contribution is 0.104. The average Bonchev–Trinajstić information content (AvgIpc) is 3.42. The van der Waals surface area contributed by atoms with Gasteiger partial charge in [0.25, 0.3) is 0 Å². The fraction of sp³-hybridized carbons (Fsp3) is 0. The number of benzene rings is 5. The molecule has 1 aliphatic carbocycles. The van der Waals surface area contributed by atoms with Crippen molar-refractivity contribution < 1.29 is 4.79 Å². The number of hydrogen-bond donors (Lipinski definition) is 1. The van der Waals surface area contributed by atoms with E-state index in [1.165, 1.54) is 21.2 Å². The van der Waals surface area contributed by atoms with Crippen molar-refractivity contribution in [3.05, 3.63) is 114 Å². The number of rotatable bonds is 1. The summed E-state index contributed by atoms with van der Waals surface area (Å²) in [7, 11) is 0. The predicted molar refractivity (Wildman–Crippen MR) is 143 cm³/mol. The smallest absolute Gasteiger partial charge is 0.196 e. The average molecular weight is 467 g/mol. The molecule has 35 heavy (non-hydrogen) atoms. The van der Waals surface area contributed by atoms with Gasteiger partial charge in [-0.3, -0.25) is 4.79 Å². The highest BCUT2D eigenvalue weighted by atomic mass is 32.2. The number of hydrogen-bond acceptors (Lipinski definition) is 3.